The van der Waals surface area contributed by atoms with Crippen molar-refractivity contribution < 1.29 is 23.6 Å². The van der Waals surface area contributed by atoms with E-state index in [9.17, 15) is 9.59 Å². The van der Waals surface area contributed by atoms with E-state index in [4.69, 9.17) is 14.0 Å². The molecule has 0 spiro atoms. The second-order valence-corrected chi connectivity index (χ2v) is 7.90. The van der Waals surface area contributed by atoms with Crippen LogP contribution in [0.4, 0.5) is 4.79 Å². The van der Waals surface area contributed by atoms with Gasteiger partial charge in [0.25, 0.3) is 0 Å². The second kappa shape index (κ2) is 8.46. The minimum absolute atomic E-state index is 0.0709. The third-order valence-corrected chi connectivity index (χ3v) is 4.46. The zero-order chi connectivity index (χ0) is 20.1. The molecule has 1 amide bonds. The molecule has 0 N–H and O–H groups in total. The van der Waals surface area contributed by atoms with E-state index in [1.165, 1.54) is 0 Å². The molecule has 3 rings (SSSR count). The van der Waals surface area contributed by atoms with Gasteiger partial charge in [0.1, 0.15) is 17.9 Å². The van der Waals surface area contributed by atoms with E-state index < -0.39 is 5.60 Å². The van der Waals surface area contributed by atoms with Crippen molar-refractivity contribution in [2.45, 2.75) is 45.8 Å². The molecule has 1 saturated heterocycles. The average molecular weight is 386 g/mol. The van der Waals surface area contributed by atoms with Gasteiger partial charge >= 0.3 is 12.1 Å². The lowest BCUT2D eigenvalue weighted by atomic mass is 9.97. The zero-order valence-electron chi connectivity index (χ0n) is 16.5. The Morgan fingerprint density at radius 1 is 1.18 bits per heavy atom. The largest absolute Gasteiger partial charge is 0.459 e. The highest BCUT2D eigenvalue weighted by Crippen LogP contribution is 2.23. The number of carbonyl (C=O) groups is 2. The molecule has 0 radical (unpaired) electrons. The molecule has 1 aliphatic rings. The molecule has 1 aliphatic heterocycles. The third kappa shape index (κ3) is 5.34. The normalized spacial score (nSPS) is 15.3. The van der Waals surface area contributed by atoms with E-state index in [2.05, 4.69) is 5.16 Å². The standard InChI is InChI=1S/C21H26N2O5/c1-21(2,3)27-20(25)23-11-9-16(10-12-23)19(24)26-14-17-13-18(28-22-17)15-7-5-4-6-8-15/h4-8,13,16H,9-12,14H2,1-3H3. The van der Waals surface area contributed by atoms with Crippen LogP contribution in [0.2, 0.25) is 0 Å². The number of carbonyl (C=O) groups excluding carboxylic acids is 2. The first kappa shape index (κ1) is 19.9. The summed E-state index contributed by atoms with van der Waals surface area (Å²) in [6, 6.07) is 11.4. The summed E-state index contributed by atoms with van der Waals surface area (Å²) in [4.78, 5) is 26.1. The van der Waals surface area contributed by atoms with Crippen LogP contribution in [-0.4, -0.2) is 40.8 Å². The van der Waals surface area contributed by atoms with Crippen molar-refractivity contribution in [1.29, 1.82) is 0 Å². The predicted molar refractivity (Wildman–Crippen MR) is 102 cm³/mol. The van der Waals surface area contributed by atoms with Crippen LogP contribution in [0.1, 0.15) is 39.3 Å². The molecule has 150 valence electrons. The smallest absolute Gasteiger partial charge is 0.410 e. The zero-order valence-corrected chi connectivity index (χ0v) is 16.5. The number of likely N-dealkylation sites (tertiary alicyclic amines) is 1. The molecule has 7 heteroatoms. The first-order valence-electron chi connectivity index (χ1n) is 9.47. The van der Waals surface area contributed by atoms with Crippen molar-refractivity contribution >= 4 is 12.1 Å². The number of amides is 1. The lowest BCUT2D eigenvalue weighted by Gasteiger charge is -2.32. The summed E-state index contributed by atoms with van der Waals surface area (Å²) >= 11 is 0. The Labute approximate surface area is 164 Å². The van der Waals surface area contributed by atoms with Crippen molar-refractivity contribution in [1.82, 2.24) is 10.1 Å². The van der Waals surface area contributed by atoms with Gasteiger partial charge in [-0.25, -0.2) is 4.79 Å². The summed E-state index contributed by atoms with van der Waals surface area (Å²) in [5, 5.41) is 3.96. The number of ether oxygens (including phenoxy) is 2. The van der Waals surface area contributed by atoms with Gasteiger partial charge in [0.15, 0.2) is 5.76 Å². The molecule has 0 bridgehead atoms. The van der Waals surface area contributed by atoms with Crippen LogP contribution in [0.3, 0.4) is 0 Å². The highest BCUT2D eigenvalue weighted by atomic mass is 16.6. The van der Waals surface area contributed by atoms with Gasteiger partial charge in [0.2, 0.25) is 0 Å². The summed E-state index contributed by atoms with van der Waals surface area (Å²) in [7, 11) is 0. The Morgan fingerprint density at radius 3 is 2.50 bits per heavy atom. The van der Waals surface area contributed by atoms with E-state index in [1.807, 2.05) is 51.1 Å². The van der Waals surface area contributed by atoms with Gasteiger partial charge in [-0.15, -0.1) is 0 Å². The van der Waals surface area contributed by atoms with Gasteiger partial charge in [-0.1, -0.05) is 35.5 Å². The Morgan fingerprint density at radius 2 is 1.86 bits per heavy atom. The van der Waals surface area contributed by atoms with Crippen molar-refractivity contribution in [2.24, 2.45) is 5.92 Å². The van der Waals surface area contributed by atoms with Crippen LogP contribution < -0.4 is 0 Å². The quantitative estimate of drug-likeness (QED) is 0.738. The van der Waals surface area contributed by atoms with Crippen molar-refractivity contribution in [2.75, 3.05) is 13.1 Å². The first-order chi connectivity index (χ1) is 13.3. The molecule has 0 unspecified atom stereocenters. The Balaban J connectivity index is 1.45. The average Bonchev–Trinajstić information content (AvgIpc) is 3.15. The van der Waals surface area contributed by atoms with Crippen LogP contribution in [0.15, 0.2) is 40.9 Å². The molecule has 28 heavy (non-hydrogen) atoms. The van der Waals surface area contributed by atoms with Crippen LogP contribution in [0, 0.1) is 5.92 Å². The number of esters is 1. The maximum atomic E-state index is 12.3. The van der Waals surface area contributed by atoms with Gasteiger partial charge in [-0.3, -0.25) is 4.79 Å². The van der Waals surface area contributed by atoms with Crippen molar-refractivity contribution in [3.8, 4) is 11.3 Å². The number of aromatic nitrogens is 1. The molecule has 1 aromatic carbocycles. The van der Waals surface area contributed by atoms with Crippen LogP contribution in [0.5, 0.6) is 0 Å². The summed E-state index contributed by atoms with van der Waals surface area (Å²) in [6.07, 6.45) is 0.786. The van der Waals surface area contributed by atoms with E-state index in [-0.39, 0.29) is 24.6 Å². The Hall–Kier alpha value is -2.83. The SMILES string of the molecule is CC(C)(C)OC(=O)N1CCC(C(=O)OCc2cc(-c3ccccc3)on2)CC1. The van der Waals surface area contributed by atoms with Gasteiger partial charge in [0.05, 0.1) is 5.92 Å². The number of nitrogens with zero attached hydrogens (tertiary/aromatic N) is 2. The first-order valence-corrected chi connectivity index (χ1v) is 9.47. The highest BCUT2D eigenvalue weighted by Gasteiger charge is 2.30. The molecular formula is C21H26N2O5. The van der Waals surface area contributed by atoms with E-state index in [1.54, 1.807) is 11.0 Å². The van der Waals surface area contributed by atoms with Crippen LogP contribution in [0.25, 0.3) is 11.3 Å². The maximum absolute atomic E-state index is 12.3. The fraction of sp³-hybridized carbons (Fsp3) is 0.476. The van der Waals surface area contributed by atoms with E-state index in [0.717, 1.165) is 5.56 Å². The molecule has 2 aromatic rings. The van der Waals surface area contributed by atoms with E-state index in [0.29, 0.717) is 37.4 Å². The fourth-order valence-electron chi connectivity index (χ4n) is 3.01. The Kier molecular flexibility index (Phi) is 6.02. The number of hydrogen-bond donors (Lipinski definition) is 0. The molecule has 7 nitrogen and oxygen atoms in total. The van der Waals surface area contributed by atoms with Crippen molar-refractivity contribution in [3.63, 3.8) is 0 Å². The molecule has 1 fully saturated rings. The highest BCUT2D eigenvalue weighted by molar-refractivity contribution is 5.73. The molecule has 1 aromatic heterocycles. The summed E-state index contributed by atoms with van der Waals surface area (Å²) < 4.78 is 16.1. The summed E-state index contributed by atoms with van der Waals surface area (Å²) in [5.41, 5.74) is 0.962. The minimum Gasteiger partial charge on any atom is -0.459 e. The molecular weight excluding hydrogens is 360 g/mol. The topological polar surface area (TPSA) is 81.9 Å². The van der Waals surface area contributed by atoms with Crippen molar-refractivity contribution in [3.05, 3.63) is 42.1 Å². The number of hydrogen-bond acceptors (Lipinski definition) is 6. The van der Waals surface area contributed by atoms with Crippen LogP contribution >= 0.6 is 0 Å². The fourth-order valence-corrected chi connectivity index (χ4v) is 3.01. The number of benzene rings is 1. The maximum Gasteiger partial charge on any atom is 0.410 e. The van der Waals surface area contributed by atoms with E-state index >= 15 is 0 Å². The number of piperidine rings is 1. The van der Waals surface area contributed by atoms with Gasteiger partial charge in [-0.2, -0.15) is 0 Å². The molecule has 0 saturated carbocycles. The lowest BCUT2D eigenvalue weighted by Crippen LogP contribution is -2.43. The third-order valence-electron chi connectivity index (χ3n) is 4.46. The lowest BCUT2D eigenvalue weighted by molar-refractivity contribution is -0.151. The molecule has 0 aliphatic carbocycles. The predicted octanol–water partition coefficient (Wildman–Crippen LogP) is 4.03. The summed E-state index contributed by atoms with van der Waals surface area (Å²) in [5.74, 6) is 0.143. The number of rotatable bonds is 4. The minimum atomic E-state index is -0.525. The van der Waals surface area contributed by atoms with Gasteiger partial charge < -0.3 is 18.9 Å². The monoisotopic (exact) mass is 386 g/mol. The van der Waals surface area contributed by atoms with Crippen LogP contribution in [-0.2, 0) is 20.9 Å². The molecule has 0 atom stereocenters. The molecule has 2 heterocycles. The second-order valence-electron chi connectivity index (χ2n) is 7.90. The van der Waals surface area contributed by atoms with Gasteiger partial charge in [-0.05, 0) is 33.6 Å². The Bertz CT molecular complexity index is 802. The van der Waals surface area contributed by atoms with Gasteiger partial charge in [0, 0.05) is 24.7 Å². The summed E-state index contributed by atoms with van der Waals surface area (Å²) in [6.45, 7) is 6.54.